The average molecular weight is 340 g/mol. The van der Waals surface area contributed by atoms with E-state index in [4.69, 9.17) is 0 Å². The summed E-state index contributed by atoms with van der Waals surface area (Å²) >= 11 is 5.26. The van der Waals surface area contributed by atoms with Gasteiger partial charge in [-0.2, -0.15) is 0 Å². The lowest BCUT2D eigenvalue weighted by Crippen LogP contribution is -2.22. The zero-order chi connectivity index (χ0) is 14.0. The van der Waals surface area contributed by atoms with Crippen molar-refractivity contribution in [2.24, 2.45) is 0 Å². The van der Waals surface area contributed by atoms with E-state index >= 15 is 0 Å². The van der Waals surface area contributed by atoms with Crippen LogP contribution in [-0.4, -0.2) is 12.2 Å². The van der Waals surface area contributed by atoms with Gasteiger partial charge in [-0.25, -0.2) is 0 Å². The summed E-state index contributed by atoms with van der Waals surface area (Å²) in [6.07, 6.45) is -0.471. The molecule has 0 aliphatic carbocycles. The van der Waals surface area contributed by atoms with E-state index in [1.165, 1.54) is 4.88 Å². The summed E-state index contributed by atoms with van der Waals surface area (Å²) in [7, 11) is 2.07. The number of halogens is 1. The van der Waals surface area contributed by atoms with Gasteiger partial charge in [-0.15, -0.1) is 11.3 Å². The van der Waals surface area contributed by atoms with Crippen molar-refractivity contribution >= 4 is 33.0 Å². The molecular weight excluding hydrogens is 322 g/mol. The number of benzene rings is 1. The molecule has 1 aromatic carbocycles. The van der Waals surface area contributed by atoms with Gasteiger partial charge in [0.05, 0.1) is 12.1 Å². The van der Waals surface area contributed by atoms with Crippen LogP contribution in [0.4, 0.5) is 5.69 Å². The highest BCUT2D eigenvalue weighted by molar-refractivity contribution is 9.10. The third kappa shape index (κ3) is 3.19. The van der Waals surface area contributed by atoms with Crippen LogP contribution in [-0.2, 0) is 0 Å². The lowest BCUT2D eigenvalue weighted by molar-refractivity contribution is 0.199. The molecule has 0 saturated heterocycles. The number of nitrogens with zero attached hydrogens (tertiary/aromatic N) is 1. The lowest BCUT2D eigenvalue weighted by Gasteiger charge is -2.29. The van der Waals surface area contributed by atoms with E-state index in [0.29, 0.717) is 0 Å². The predicted octanol–water partition coefficient (Wildman–Crippen LogP) is 4.76. The van der Waals surface area contributed by atoms with Gasteiger partial charge in [0.2, 0.25) is 0 Å². The van der Waals surface area contributed by atoms with E-state index in [1.54, 1.807) is 18.3 Å². The molecule has 0 radical (unpaired) electrons. The van der Waals surface area contributed by atoms with Crippen molar-refractivity contribution in [2.75, 3.05) is 11.9 Å². The summed E-state index contributed by atoms with van der Waals surface area (Å²) in [5.74, 6) is 0. The molecule has 1 heterocycles. The fourth-order valence-corrected chi connectivity index (χ4v) is 3.28. The van der Waals surface area contributed by atoms with Crippen molar-refractivity contribution in [1.29, 1.82) is 0 Å². The molecule has 19 heavy (non-hydrogen) atoms. The number of aliphatic hydroxyl groups is 1. The van der Waals surface area contributed by atoms with Crippen LogP contribution in [0.5, 0.6) is 0 Å². The summed E-state index contributed by atoms with van der Waals surface area (Å²) in [6.45, 7) is 3.98. The maximum atomic E-state index is 9.92. The largest absolute Gasteiger partial charge is 0.389 e. The number of hydrogen-bond donors (Lipinski definition) is 1. The van der Waals surface area contributed by atoms with Crippen LogP contribution in [0.15, 0.2) is 40.2 Å². The molecule has 0 amide bonds. The molecule has 4 heteroatoms. The maximum absolute atomic E-state index is 9.92. The number of thiophene rings is 1. The van der Waals surface area contributed by atoms with Crippen molar-refractivity contribution in [3.8, 4) is 0 Å². The predicted molar refractivity (Wildman–Crippen MR) is 85.9 cm³/mol. The topological polar surface area (TPSA) is 23.5 Å². The first-order valence-electron chi connectivity index (χ1n) is 6.24. The molecule has 0 aliphatic heterocycles. The van der Waals surface area contributed by atoms with Gasteiger partial charge in [0.15, 0.2) is 0 Å². The molecule has 0 aliphatic rings. The summed E-state index contributed by atoms with van der Waals surface area (Å²) in [4.78, 5) is 3.53. The zero-order valence-electron chi connectivity index (χ0n) is 11.3. The Morgan fingerprint density at radius 3 is 2.58 bits per heavy atom. The van der Waals surface area contributed by atoms with Crippen molar-refractivity contribution in [2.45, 2.75) is 26.0 Å². The van der Waals surface area contributed by atoms with Crippen molar-refractivity contribution in [3.63, 3.8) is 0 Å². The second-order valence-corrected chi connectivity index (χ2v) is 6.58. The van der Waals surface area contributed by atoms with Crippen LogP contribution in [0.3, 0.4) is 0 Å². The second kappa shape index (κ2) is 6.07. The highest BCUT2D eigenvalue weighted by Crippen LogP contribution is 2.34. The molecule has 2 aromatic rings. The highest BCUT2D eigenvalue weighted by Gasteiger charge is 2.18. The quantitative estimate of drug-likeness (QED) is 0.867. The molecule has 2 nitrogen and oxygen atoms in total. The first-order chi connectivity index (χ1) is 9.00. The maximum Gasteiger partial charge on any atom is 0.0782 e. The third-order valence-corrected chi connectivity index (χ3v) is 4.89. The molecule has 1 aromatic heterocycles. The van der Waals surface area contributed by atoms with Gasteiger partial charge >= 0.3 is 0 Å². The van der Waals surface area contributed by atoms with E-state index in [9.17, 15) is 5.11 Å². The molecule has 2 atom stereocenters. The van der Waals surface area contributed by atoms with E-state index < -0.39 is 6.10 Å². The minimum absolute atomic E-state index is 0.284. The van der Waals surface area contributed by atoms with Crippen molar-refractivity contribution < 1.29 is 5.11 Å². The van der Waals surface area contributed by atoms with Gasteiger partial charge in [-0.3, -0.25) is 0 Å². The van der Waals surface area contributed by atoms with Gasteiger partial charge in [-0.1, -0.05) is 28.1 Å². The average Bonchev–Trinajstić information content (AvgIpc) is 2.90. The molecular formula is C15H18BrNOS. The Labute approximate surface area is 126 Å². The van der Waals surface area contributed by atoms with E-state index in [0.717, 1.165) is 15.7 Å². The van der Waals surface area contributed by atoms with Crippen LogP contribution >= 0.6 is 27.3 Å². The zero-order valence-corrected chi connectivity index (χ0v) is 13.7. The van der Waals surface area contributed by atoms with Crippen molar-refractivity contribution in [1.82, 2.24) is 0 Å². The van der Waals surface area contributed by atoms with E-state index in [2.05, 4.69) is 58.4 Å². The standard InChI is InChI=1S/C15H18BrNOS/c1-10(15-5-4-8-19-15)17(3)14-9-12(16)6-7-13(14)11(2)18/h4-11,18H,1-3H3. The minimum Gasteiger partial charge on any atom is -0.389 e. The number of rotatable bonds is 4. The normalized spacial score (nSPS) is 14.2. The Bertz CT molecular complexity index is 539. The Balaban J connectivity index is 2.37. The Morgan fingerprint density at radius 1 is 1.26 bits per heavy atom. The van der Waals surface area contributed by atoms with Crippen molar-refractivity contribution in [3.05, 3.63) is 50.6 Å². The molecule has 102 valence electrons. The van der Waals surface area contributed by atoms with E-state index in [-0.39, 0.29) is 6.04 Å². The summed E-state index contributed by atoms with van der Waals surface area (Å²) < 4.78 is 1.03. The van der Waals surface area contributed by atoms with Crippen LogP contribution in [0, 0.1) is 0 Å². The highest BCUT2D eigenvalue weighted by atomic mass is 79.9. The molecule has 2 rings (SSSR count). The number of aliphatic hydroxyl groups excluding tert-OH is 1. The van der Waals surface area contributed by atoms with Gasteiger partial charge in [0.25, 0.3) is 0 Å². The Hall–Kier alpha value is -0.840. The lowest BCUT2D eigenvalue weighted by atomic mass is 10.1. The number of anilines is 1. The SMILES string of the molecule is CC(O)c1ccc(Br)cc1N(C)C(C)c1cccs1. The molecule has 1 N–H and O–H groups in total. The van der Waals surface area contributed by atoms with Crippen LogP contribution in [0.25, 0.3) is 0 Å². The third-order valence-electron chi connectivity index (χ3n) is 3.36. The first kappa shape index (κ1) is 14.6. The van der Waals surface area contributed by atoms with Crippen LogP contribution in [0.2, 0.25) is 0 Å². The molecule has 2 unspecified atom stereocenters. The Kier molecular flexibility index (Phi) is 4.66. The van der Waals surface area contributed by atoms with Gasteiger partial charge in [0, 0.05) is 27.6 Å². The molecule has 0 fully saturated rings. The molecule has 0 bridgehead atoms. The first-order valence-corrected chi connectivity index (χ1v) is 7.91. The monoisotopic (exact) mass is 339 g/mol. The van der Waals surface area contributed by atoms with Crippen LogP contribution < -0.4 is 4.90 Å². The minimum atomic E-state index is -0.471. The van der Waals surface area contributed by atoms with Gasteiger partial charge in [-0.05, 0) is 37.4 Å². The molecule has 0 spiro atoms. The summed E-state index contributed by atoms with van der Waals surface area (Å²) in [5, 5.41) is 12.0. The van der Waals surface area contributed by atoms with Gasteiger partial charge < -0.3 is 10.0 Å². The van der Waals surface area contributed by atoms with Gasteiger partial charge in [0.1, 0.15) is 0 Å². The smallest absolute Gasteiger partial charge is 0.0782 e. The number of hydrogen-bond acceptors (Lipinski definition) is 3. The Morgan fingerprint density at radius 2 is 2.00 bits per heavy atom. The summed E-state index contributed by atoms with van der Waals surface area (Å²) in [5.41, 5.74) is 2.01. The fourth-order valence-electron chi connectivity index (χ4n) is 2.10. The summed E-state index contributed by atoms with van der Waals surface area (Å²) in [6, 6.07) is 10.5. The van der Waals surface area contributed by atoms with Crippen LogP contribution in [0.1, 0.15) is 36.4 Å². The molecule has 0 saturated carbocycles. The fraction of sp³-hybridized carbons (Fsp3) is 0.333. The van der Waals surface area contributed by atoms with E-state index in [1.807, 2.05) is 12.1 Å². The second-order valence-electron chi connectivity index (χ2n) is 4.68.